The van der Waals surface area contributed by atoms with Crippen LogP contribution in [0.4, 0.5) is 4.79 Å². The van der Waals surface area contributed by atoms with Crippen LogP contribution in [0, 0.1) is 5.92 Å². The number of amides is 2. The number of nitrogens with zero attached hydrogens (tertiary/aromatic N) is 1. The number of carbonyl (C=O) groups is 2. The molecule has 0 spiro atoms. The van der Waals surface area contributed by atoms with E-state index in [1.54, 1.807) is 20.8 Å². The van der Waals surface area contributed by atoms with E-state index >= 15 is 0 Å². The van der Waals surface area contributed by atoms with E-state index in [4.69, 9.17) is 4.74 Å². The smallest absolute Gasteiger partial charge is 0.417 e. The lowest BCUT2D eigenvalue weighted by Gasteiger charge is -2.41. The molecule has 0 aromatic rings. The van der Waals surface area contributed by atoms with Gasteiger partial charge in [-0.3, -0.25) is 4.79 Å². The number of fused-ring (bicyclic) bond motifs is 1. The van der Waals surface area contributed by atoms with Gasteiger partial charge in [-0.25, -0.2) is 9.69 Å². The van der Waals surface area contributed by atoms with Gasteiger partial charge in [-0.15, -0.1) is 0 Å². The van der Waals surface area contributed by atoms with E-state index in [-0.39, 0.29) is 17.9 Å². The molecule has 4 nitrogen and oxygen atoms in total. The summed E-state index contributed by atoms with van der Waals surface area (Å²) in [7, 11) is 0. The standard InChI is InChI=1S/C11H15NO3/c1-11(2,3)15-10(14)12-8-6-4-5-7(8)9(12)13/h4,6-8H,5H2,1-3H3. The fraction of sp³-hybridized carbons (Fsp3) is 0.636. The Labute approximate surface area is 88.9 Å². The molecule has 2 amide bonds. The molecule has 2 unspecified atom stereocenters. The van der Waals surface area contributed by atoms with Crippen LogP contribution in [0.15, 0.2) is 12.2 Å². The van der Waals surface area contributed by atoms with Crippen LogP contribution < -0.4 is 0 Å². The Morgan fingerprint density at radius 2 is 2.20 bits per heavy atom. The van der Waals surface area contributed by atoms with Crippen LogP contribution in [0.2, 0.25) is 0 Å². The second-order valence-corrected chi connectivity index (χ2v) is 4.95. The lowest BCUT2D eigenvalue weighted by Crippen LogP contribution is -2.61. The summed E-state index contributed by atoms with van der Waals surface area (Å²) in [6, 6.07) is -0.0626. The number of ether oxygens (including phenoxy) is 1. The first-order valence-corrected chi connectivity index (χ1v) is 5.13. The molecule has 1 heterocycles. The highest BCUT2D eigenvalue weighted by Gasteiger charge is 2.51. The van der Waals surface area contributed by atoms with Gasteiger partial charge in [0.25, 0.3) is 0 Å². The minimum absolute atomic E-state index is 0.0162. The van der Waals surface area contributed by atoms with Gasteiger partial charge in [0.1, 0.15) is 5.60 Å². The average molecular weight is 209 g/mol. The molecular formula is C11H15NO3. The zero-order valence-corrected chi connectivity index (χ0v) is 9.19. The van der Waals surface area contributed by atoms with E-state index < -0.39 is 11.7 Å². The van der Waals surface area contributed by atoms with E-state index in [0.29, 0.717) is 0 Å². The Bertz CT molecular complexity index is 340. The predicted molar refractivity (Wildman–Crippen MR) is 54.1 cm³/mol. The number of imide groups is 1. The molecule has 4 heteroatoms. The zero-order valence-electron chi connectivity index (χ0n) is 9.19. The molecule has 0 aromatic carbocycles. The number of rotatable bonds is 0. The number of allylic oxidation sites excluding steroid dienone is 1. The minimum atomic E-state index is -0.551. The number of carbonyl (C=O) groups excluding carboxylic acids is 2. The van der Waals surface area contributed by atoms with Gasteiger partial charge >= 0.3 is 6.09 Å². The van der Waals surface area contributed by atoms with Crippen molar-refractivity contribution in [3.8, 4) is 0 Å². The summed E-state index contributed by atoms with van der Waals surface area (Å²) < 4.78 is 5.15. The molecule has 1 aliphatic heterocycles. The third kappa shape index (κ3) is 1.64. The highest BCUT2D eigenvalue weighted by Crippen LogP contribution is 2.36. The largest absolute Gasteiger partial charge is 0.443 e. The van der Waals surface area contributed by atoms with Gasteiger partial charge in [0.2, 0.25) is 5.91 Å². The molecule has 2 atom stereocenters. The molecule has 2 aliphatic rings. The number of β-lactam (4-membered cyclic amide) rings is 1. The van der Waals surface area contributed by atoms with E-state index in [0.717, 1.165) is 6.42 Å². The summed E-state index contributed by atoms with van der Waals surface area (Å²) in [4.78, 5) is 24.4. The summed E-state index contributed by atoms with van der Waals surface area (Å²) in [5, 5.41) is 0. The Morgan fingerprint density at radius 3 is 2.80 bits per heavy atom. The van der Waals surface area contributed by atoms with Crippen molar-refractivity contribution in [1.29, 1.82) is 0 Å². The molecular weight excluding hydrogens is 194 g/mol. The maximum atomic E-state index is 11.6. The number of likely N-dealkylation sites (tertiary alicyclic amines) is 1. The first kappa shape index (κ1) is 10.2. The second-order valence-electron chi connectivity index (χ2n) is 4.95. The minimum Gasteiger partial charge on any atom is -0.443 e. The Hall–Kier alpha value is -1.32. The normalized spacial score (nSPS) is 28.7. The van der Waals surface area contributed by atoms with Gasteiger partial charge in [0.15, 0.2) is 0 Å². The van der Waals surface area contributed by atoms with Crippen molar-refractivity contribution >= 4 is 12.0 Å². The van der Waals surface area contributed by atoms with E-state index in [1.807, 2.05) is 12.2 Å². The molecule has 0 radical (unpaired) electrons. The number of hydrogen-bond acceptors (Lipinski definition) is 3. The molecule has 2 rings (SSSR count). The second kappa shape index (κ2) is 3.08. The fourth-order valence-corrected chi connectivity index (χ4v) is 1.92. The van der Waals surface area contributed by atoms with Crippen LogP contribution >= 0.6 is 0 Å². The lowest BCUT2D eigenvalue weighted by atomic mass is 9.91. The zero-order chi connectivity index (χ0) is 11.2. The van der Waals surface area contributed by atoms with Crippen molar-refractivity contribution in [2.45, 2.75) is 38.8 Å². The first-order chi connectivity index (χ1) is 6.90. The average Bonchev–Trinajstić information content (AvgIpc) is 2.44. The van der Waals surface area contributed by atoms with Crippen molar-refractivity contribution in [3.63, 3.8) is 0 Å². The van der Waals surface area contributed by atoms with Gasteiger partial charge in [-0.05, 0) is 27.2 Å². The SMILES string of the molecule is CC(C)(C)OC(=O)N1C(=O)C2CC=CC21. The fourth-order valence-electron chi connectivity index (χ4n) is 1.92. The van der Waals surface area contributed by atoms with Crippen LogP contribution in [0.1, 0.15) is 27.2 Å². The molecule has 82 valence electrons. The van der Waals surface area contributed by atoms with Gasteiger partial charge in [0, 0.05) is 0 Å². The van der Waals surface area contributed by atoms with Crippen molar-refractivity contribution < 1.29 is 14.3 Å². The highest BCUT2D eigenvalue weighted by molar-refractivity contribution is 6.00. The summed E-state index contributed by atoms with van der Waals surface area (Å²) in [5.74, 6) is -0.128. The van der Waals surface area contributed by atoms with Gasteiger partial charge in [-0.1, -0.05) is 12.2 Å². The first-order valence-electron chi connectivity index (χ1n) is 5.13. The van der Waals surface area contributed by atoms with Gasteiger partial charge in [-0.2, -0.15) is 0 Å². The summed E-state index contributed by atoms with van der Waals surface area (Å²) in [6.07, 6.45) is 4.07. The van der Waals surface area contributed by atoms with Crippen LogP contribution in [-0.2, 0) is 9.53 Å². The van der Waals surface area contributed by atoms with Crippen molar-refractivity contribution in [2.75, 3.05) is 0 Å². The third-order valence-electron chi connectivity index (χ3n) is 2.58. The molecule has 15 heavy (non-hydrogen) atoms. The summed E-state index contributed by atoms with van der Waals surface area (Å²) >= 11 is 0. The molecule has 0 aromatic heterocycles. The third-order valence-corrected chi connectivity index (χ3v) is 2.58. The Kier molecular flexibility index (Phi) is 2.10. The maximum Gasteiger partial charge on any atom is 0.417 e. The molecule has 0 bridgehead atoms. The topological polar surface area (TPSA) is 46.6 Å². The van der Waals surface area contributed by atoms with Gasteiger partial charge < -0.3 is 4.74 Å². The Balaban J connectivity index is 2.03. The summed E-state index contributed by atoms with van der Waals surface area (Å²) in [6.45, 7) is 5.37. The van der Waals surface area contributed by atoms with Crippen LogP contribution in [0.3, 0.4) is 0 Å². The molecule has 1 aliphatic carbocycles. The molecule has 0 saturated carbocycles. The molecule has 1 fully saturated rings. The van der Waals surface area contributed by atoms with Crippen LogP contribution in [-0.4, -0.2) is 28.5 Å². The highest BCUT2D eigenvalue weighted by atomic mass is 16.6. The Morgan fingerprint density at radius 1 is 1.53 bits per heavy atom. The van der Waals surface area contributed by atoms with E-state index in [2.05, 4.69) is 0 Å². The number of hydrogen-bond donors (Lipinski definition) is 0. The van der Waals surface area contributed by atoms with E-state index in [1.165, 1.54) is 4.90 Å². The quantitative estimate of drug-likeness (QED) is 0.450. The van der Waals surface area contributed by atoms with E-state index in [9.17, 15) is 9.59 Å². The summed E-state index contributed by atoms with van der Waals surface area (Å²) in [5.41, 5.74) is -0.551. The van der Waals surface area contributed by atoms with Crippen molar-refractivity contribution in [1.82, 2.24) is 4.90 Å². The van der Waals surface area contributed by atoms with Crippen molar-refractivity contribution in [3.05, 3.63) is 12.2 Å². The van der Waals surface area contributed by atoms with Crippen LogP contribution in [0.25, 0.3) is 0 Å². The van der Waals surface area contributed by atoms with Gasteiger partial charge in [0.05, 0.1) is 12.0 Å². The maximum absolute atomic E-state index is 11.6. The monoisotopic (exact) mass is 209 g/mol. The predicted octanol–water partition coefficient (Wildman–Crippen LogP) is 1.71. The molecule has 1 saturated heterocycles. The molecule has 0 N–H and O–H groups in total. The van der Waals surface area contributed by atoms with Crippen molar-refractivity contribution in [2.24, 2.45) is 5.92 Å². The lowest BCUT2D eigenvalue weighted by molar-refractivity contribution is -0.149. The van der Waals surface area contributed by atoms with Crippen LogP contribution in [0.5, 0.6) is 0 Å².